The van der Waals surface area contributed by atoms with E-state index in [1.165, 1.54) is 4.90 Å². The number of unbranched alkanes of at least 4 members (excludes halogenated alkanes) is 3. The van der Waals surface area contributed by atoms with Gasteiger partial charge in [0.05, 0.1) is 6.54 Å². The Morgan fingerprint density at radius 2 is 1.95 bits per heavy atom. The molecule has 0 spiro atoms. The normalized spacial score (nSPS) is 21.0. The van der Waals surface area contributed by atoms with Gasteiger partial charge in [0, 0.05) is 0 Å². The summed E-state index contributed by atoms with van der Waals surface area (Å²) in [6.07, 6.45) is 3.68. The van der Waals surface area contributed by atoms with Crippen LogP contribution in [0.25, 0.3) is 0 Å². The molecule has 1 amide bonds. The van der Waals surface area contributed by atoms with Gasteiger partial charge >= 0.3 is 12.1 Å². The van der Waals surface area contributed by atoms with Crippen molar-refractivity contribution in [2.24, 2.45) is 0 Å². The van der Waals surface area contributed by atoms with Crippen molar-refractivity contribution in [3.05, 3.63) is 35.9 Å². The maximum atomic E-state index is 12.0. The maximum absolute atomic E-state index is 12.0. The standard InChI is InChI=1S/C17H23NO4/c1-2-3-4-8-11-14-15(16(19)20)18(17(21)22-14)12-13-9-6-5-7-10-13/h5-7,9-10,14-15H,2-4,8,11-12H2,1H3,(H,19,20)/t14-,15+/m0/s1. The van der Waals surface area contributed by atoms with Crippen molar-refractivity contribution < 1.29 is 19.4 Å². The van der Waals surface area contributed by atoms with Crippen LogP contribution < -0.4 is 0 Å². The molecule has 1 aromatic carbocycles. The third kappa shape index (κ3) is 4.00. The van der Waals surface area contributed by atoms with E-state index >= 15 is 0 Å². The van der Waals surface area contributed by atoms with E-state index in [0.717, 1.165) is 31.2 Å². The minimum absolute atomic E-state index is 0.266. The summed E-state index contributed by atoms with van der Waals surface area (Å²) in [6.45, 7) is 2.39. The van der Waals surface area contributed by atoms with Gasteiger partial charge in [-0.15, -0.1) is 0 Å². The van der Waals surface area contributed by atoms with Crippen molar-refractivity contribution >= 4 is 12.1 Å². The van der Waals surface area contributed by atoms with Crippen molar-refractivity contribution in [1.82, 2.24) is 4.90 Å². The van der Waals surface area contributed by atoms with Crippen LogP contribution in [0.3, 0.4) is 0 Å². The third-order valence-corrected chi connectivity index (χ3v) is 3.97. The van der Waals surface area contributed by atoms with Gasteiger partial charge in [0.2, 0.25) is 0 Å². The van der Waals surface area contributed by atoms with Gasteiger partial charge in [0.15, 0.2) is 6.04 Å². The summed E-state index contributed by atoms with van der Waals surface area (Å²) in [4.78, 5) is 24.9. The van der Waals surface area contributed by atoms with Crippen LogP contribution in [0.15, 0.2) is 30.3 Å². The monoisotopic (exact) mass is 305 g/mol. The van der Waals surface area contributed by atoms with Gasteiger partial charge in [-0.25, -0.2) is 9.59 Å². The number of benzene rings is 1. The van der Waals surface area contributed by atoms with Crippen molar-refractivity contribution in [2.45, 2.75) is 57.7 Å². The number of ether oxygens (including phenoxy) is 1. The highest BCUT2D eigenvalue weighted by molar-refractivity contribution is 5.83. The number of carboxylic acids is 1. The summed E-state index contributed by atoms with van der Waals surface area (Å²) in [5, 5.41) is 9.48. The van der Waals surface area contributed by atoms with Crippen LogP contribution >= 0.6 is 0 Å². The summed E-state index contributed by atoms with van der Waals surface area (Å²) < 4.78 is 5.31. The van der Waals surface area contributed by atoms with Crippen molar-refractivity contribution in [3.8, 4) is 0 Å². The first kappa shape index (κ1) is 16.3. The number of cyclic esters (lactones) is 1. The Labute approximate surface area is 130 Å². The topological polar surface area (TPSA) is 66.8 Å². The molecule has 1 aliphatic rings. The van der Waals surface area contributed by atoms with E-state index < -0.39 is 24.2 Å². The van der Waals surface area contributed by atoms with Gasteiger partial charge in [0.25, 0.3) is 0 Å². The SMILES string of the molecule is CCCCCC[C@@H]1OC(=O)N(Cc2ccccc2)[C@H]1C(=O)O. The molecule has 1 N–H and O–H groups in total. The number of rotatable bonds is 8. The van der Waals surface area contributed by atoms with Gasteiger partial charge in [-0.05, 0) is 18.4 Å². The molecule has 0 aromatic heterocycles. The minimum atomic E-state index is -0.998. The molecule has 1 fully saturated rings. The van der Waals surface area contributed by atoms with Crippen LogP contribution in [0, 0.1) is 0 Å². The van der Waals surface area contributed by atoms with Crippen LogP contribution in [0.2, 0.25) is 0 Å². The first-order chi connectivity index (χ1) is 10.6. The molecule has 2 atom stereocenters. The second kappa shape index (κ2) is 7.82. The summed E-state index contributed by atoms with van der Waals surface area (Å²) in [7, 11) is 0. The molecule has 1 heterocycles. The molecular formula is C17H23NO4. The Morgan fingerprint density at radius 3 is 2.59 bits per heavy atom. The smallest absolute Gasteiger partial charge is 0.411 e. The molecule has 0 saturated carbocycles. The summed E-state index contributed by atoms with van der Waals surface area (Å²) in [5.41, 5.74) is 0.900. The van der Waals surface area contributed by atoms with Crippen LogP contribution in [0.4, 0.5) is 4.79 Å². The first-order valence-electron chi connectivity index (χ1n) is 7.87. The van der Waals surface area contributed by atoms with Crippen LogP contribution in [0.1, 0.15) is 44.6 Å². The zero-order valence-corrected chi connectivity index (χ0v) is 12.9. The number of hydrogen-bond acceptors (Lipinski definition) is 3. The van der Waals surface area contributed by atoms with Crippen LogP contribution in [-0.2, 0) is 16.1 Å². The maximum Gasteiger partial charge on any atom is 0.411 e. The van der Waals surface area contributed by atoms with Gasteiger partial charge in [0.1, 0.15) is 6.10 Å². The fraction of sp³-hybridized carbons (Fsp3) is 0.529. The number of aliphatic carboxylic acids is 1. The third-order valence-electron chi connectivity index (χ3n) is 3.97. The summed E-state index contributed by atoms with van der Waals surface area (Å²) in [5.74, 6) is -0.998. The van der Waals surface area contributed by atoms with E-state index in [-0.39, 0.29) is 6.54 Å². The summed E-state index contributed by atoms with van der Waals surface area (Å²) in [6, 6.07) is 8.48. The predicted molar refractivity (Wildman–Crippen MR) is 82.4 cm³/mol. The zero-order chi connectivity index (χ0) is 15.9. The average molecular weight is 305 g/mol. The Kier molecular flexibility index (Phi) is 5.81. The van der Waals surface area contributed by atoms with Crippen LogP contribution in [-0.4, -0.2) is 34.2 Å². The molecule has 120 valence electrons. The Bertz CT molecular complexity index is 503. The second-order valence-electron chi connectivity index (χ2n) is 5.67. The Balaban J connectivity index is 2.02. The highest BCUT2D eigenvalue weighted by Crippen LogP contribution is 2.26. The molecule has 1 saturated heterocycles. The lowest BCUT2D eigenvalue weighted by Crippen LogP contribution is -2.42. The van der Waals surface area contributed by atoms with E-state index in [9.17, 15) is 14.7 Å². The van der Waals surface area contributed by atoms with Gasteiger partial charge in [-0.3, -0.25) is 4.90 Å². The first-order valence-corrected chi connectivity index (χ1v) is 7.87. The molecular weight excluding hydrogens is 282 g/mol. The van der Waals surface area contributed by atoms with Crippen molar-refractivity contribution in [1.29, 1.82) is 0 Å². The molecule has 0 bridgehead atoms. The number of carbonyl (C=O) groups is 2. The largest absolute Gasteiger partial charge is 0.480 e. The number of carboxylic acid groups (broad SMARTS) is 1. The molecule has 1 aliphatic heterocycles. The van der Waals surface area contributed by atoms with E-state index in [1.807, 2.05) is 30.3 Å². The minimum Gasteiger partial charge on any atom is -0.480 e. The quantitative estimate of drug-likeness (QED) is 0.747. The molecule has 0 unspecified atom stereocenters. The van der Waals surface area contributed by atoms with E-state index in [0.29, 0.717) is 6.42 Å². The lowest BCUT2D eigenvalue weighted by molar-refractivity contribution is -0.143. The molecule has 2 rings (SSSR count). The number of amides is 1. The molecule has 0 radical (unpaired) electrons. The molecule has 5 heteroatoms. The Morgan fingerprint density at radius 1 is 1.23 bits per heavy atom. The molecule has 22 heavy (non-hydrogen) atoms. The van der Waals surface area contributed by atoms with Crippen LogP contribution in [0.5, 0.6) is 0 Å². The van der Waals surface area contributed by atoms with Crippen molar-refractivity contribution in [2.75, 3.05) is 0 Å². The number of carbonyl (C=O) groups excluding carboxylic acids is 1. The van der Waals surface area contributed by atoms with Crippen molar-refractivity contribution in [3.63, 3.8) is 0 Å². The van der Waals surface area contributed by atoms with E-state index in [4.69, 9.17) is 4.74 Å². The fourth-order valence-corrected chi connectivity index (χ4v) is 2.80. The summed E-state index contributed by atoms with van der Waals surface area (Å²) >= 11 is 0. The number of hydrogen-bond donors (Lipinski definition) is 1. The van der Waals surface area contributed by atoms with E-state index in [2.05, 4.69) is 6.92 Å². The molecule has 1 aromatic rings. The lowest BCUT2D eigenvalue weighted by atomic mass is 10.0. The zero-order valence-electron chi connectivity index (χ0n) is 12.9. The van der Waals surface area contributed by atoms with Gasteiger partial charge < -0.3 is 9.84 Å². The highest BCUT2D eigenvalue weighted by atomic mass is 16.6. The highest BCUT2D eigenvalue weighted by Gasteiger charge is 2.45. The predicted octanol–water partition coefficient (Wildman–Crippen LogP) is 3.43. The molecule has 0 aliphatic carbocycles. The molecule has 5 nitrogen and oxygen atoms in total. The lowest BCUT2D eigenvalue weighted by Gasteiger charge is -2.21. The fourth-order valence-electron chi connectivity index (χ4n) is 2.80. The number of nitrogens with zero attached hydrogens (tertiary/aromatic N) is 1. The second-order valence-corrected chi connectivity index (χ2v) is 5.67. The van der Waals surface area contributed by atoms with E-state index in [1.54, 1.807) is 0 Å². The van der Waals surface area contributed by atoms with Gasteiger partial charge in [-0.1, -0.05) is 56.5 Å². The Hall–Kier alpha value is -2.04. The average Bonchev–Trinajstić information content (AvgIpc) is 2.81. The van der Waals surface area contributed by atoms with Gasteiger partial charge in [-0.2, -0.15) is 0 Å².